The maximum Gasteiger partial charge on any atom is 0.243 e. The van der Waals surface area contributed by atoms with E-state index in [4.69, 9.17) is 4.74 Å². The van der Waals surface area contributed by atoms with E-state index in [9.17, 15) is 4.79 Å². The van der Waals surface area contributed by atoms with Gasteiger partial charge < -0.3 is 24.8 Å². The molecule has 10 heteroatoms. The number of aromatic nitrogens is 1. The van der Waals surface area contributed by atoms with Crippen molar-refractivity contribution in [3.63, 3.8) is 0 Å². The third kappa shape index (κ3) is 8.41. The molecule has 1 aromatic rings. The van der Waals surface area contributed by atoms with Gasteiger partial charge >= 0.3 is 0 Å². The lowest BCUT2D eigenvalue weighted by molar-refractivity contribution is -0.127. The highest BCUT2D eigenvalue weighted by molar-refractivity contribution is 14.0. The maximum atomic E-state index is 12.0. The minimum absolute atomic E-state index is 0. The highest BCUT2D eigenvalue weighted by Crippen LogP contribution is 2.12. The van der Waals surface area contributed by atoms with Gasteiger partial charge in [0, 0.05) is 66.1 Å². The zero-order valence-electron chi connectivity index (χ0n) is 18.7. The van der Waals surface area contributed by atoms with Gasteiger partial charge in [-0.05, 0) is 25.1 Å². The molecule has 0 unspecified atom stereocenters. The lowest BCUT2D eigenvalue weighted by Crippen LogP contribution is -2.53. The normalized spacial score (nSPS) is 17.8. The fraction of sp³-hybridized carbons (Fsp3) is 0.667. The van der Waals surface area contributed by atoms with Crippen molar-refractivity contribution in [1.82, 2.24) is 25.0 Å². The van der Waals surface area contributed by atoms with Crippen molar-refractivity contribution in [2.75, 3.05) is 91.1 Å². The van der Waals surface area contributed by atoms with Crippen LogP contribution in [0, 0.1) is 0 Å². The summed E-state index contributed by atoms with van der Waals surface area (Å²) in [6.45, 7) is 9.19. The SMILES string of the molecule is CN(C)C(=O)CN=C(NCCCN1CCOCC1)N1CCN(c2ccccn2)CC1.I. The molecule has 1 aromatic heterocycles. The van der Waals surface area contributed by atoms with Gasteiger partial charge in [0.05, 0.1) is 13.2 Å². The molecule has 0 saturated carbocycles. The summed E-state index contributed by atoms with van der Waals surface area (Å²) in [4.78, 5) is 29.7. The van der Waals surface area contributed by atoms with Crippen molar-refractivity contribution in [3.8, 4) is 0 Å². The lowest BCUT2D eigenvalue weighted by atomic mass is 10.3. The van der Waals surface area contributed by atoms with Crippen LogP contribution in [0.15, 0.2) is 29.4 Å². The number of ether oxygens (including phenoxy) is 1. The molecular formula is C21H36IN7O2. The van der Waals surface area contributed by atoms with Crippen molar-refractivity contribution in [2.24, 2.45) is 4.99 Å². The van der Waals surface area contributed by atoms with E-state index < -0.39 is 0 Å². The van der Waals surface area contributed by atoms with Crippen LogP contribution in [0.25, 0.3) is 0 Å². The number of hydrogen-bond acceptors (Lipinski definition) is 6. The Morgan fingerprint density at radius 1 is 1.16 bits per heavy atom. The number of carbonyl (C=O) groups is 1. The van der Waals surface area contributed by atoms with Crippen molar-refractivity contribution in [1.29, 1.82) is 0 Å². The van der Waals surface area contributed by atoms with Gasteiger partial charge in [-0.15, -0.1) is 24.0 Å². The van der Waals surface area contributed by atoms with Crippen LogP contribution in [0.1, 0.15) is 6.42 Å². The standard InChI is InChI=1S/C21H35N7O2.HI/c1-25(2)20(29)18-24-21(23-8-5-9-26-14-16-30-17-15-26)28-12-10-27(11-13-28)19-6-3-4-7-22-19;/h3-4,6-7H,5,8-18H2,1-2H3,(H,23,24);1H. The predicted octanol–water partition coefficient (Wildman–Crippen LogP) is 0.578. The number of guanidine groups is 1. The van der Waals surface area contributed by atoms with Gasteiger partial charge in [-0.3, -0.25) is 9.69 Å². The number of halogens is 1. The van der Waals surface area contributed by atoms with Gasteiger partial charge in [0.2, 0.25) is 5.91 Å². The second-order valence-electron chi connectivity index (χ2n) is 7.82. The summed E-state index contributed by atoms with van der Waals surface area (Å²) < 4.78 is 5.41. The molecule has 2 saturated heterocycles. The second-order valence-corrected chi connectivity index (χ2v) is 7.82. The summed E-state index contributed by atoms with van der Waals surface area (Å²) in [6, 6.07) is 6.00. The zero-order chi connectivity index (χ0) is 21.2. The minimum atomic E-state index is 0. The number of pyridine rings is 1. The summed E-state index contributed by atoms with van der Waals surface area (Å²) in [5, 5.41) is 3.49. The summed E-state index contributed by atoms with van der Waals surface area (Å²) in [5.74, 6) is 1.85. The van der Waals surface area contributed by atoms with E-state index in [1.165, 1.54) is 0 Å². The molecule has 0 atom stereocenters. The van der Waals surface area contributed by atoms with Gasteiger partial charge in [0.1, 0.15) is 12.4 Å². The van der Waals surface area contributed by atoms with Crippen LogP contribution in [0.5, 0.6) is 0 Å². The smallest absolute Gasteiger partial charge is 0.243 e. The number of amides is 1. The Balaban J connectivity index is 0.00000341. The third-order valence-corrected chi connectivity index (χ3v) is 5.45. The number of likely N-dealkylation sites (N-methyl/N-ethyl adjacent to an activating group) is 1. The van der Waals surface area contributed by atoms with Crippen LogP contribution in [-0.2, 0) is 9.53 Å². The van der Waals surface area contributed by atoms with Crippen LogP contribution in [0.2, 0.25) is 0 Å². The average Bonchev–Trinajstić information content (AvgIpc) is 2.79. The molecule has 174 valence electrons. The predicted molar refractivity (Wildman–Crippen MR) is 134 cm³/mol. The first-order valence-electron chi connectivity index (χ1n) is 10.8. The molecule has 2 fully saturated rings. The van der Waals surface area contributed by atoms with Crippen LogP contribution in [0.3, 0.4) is 0 Å². The van der Waals surface area contributed by atoms with E-state index in [0.717, 1.165) is 83.8 Å². The fourth-order valence-electron chi connectivity index (χ4n) is 3.57. The Morgan fingerprint density at radius 2 is 1.90 bits per heavy atom. The molecule has 3 rings (SSSR count). The molecule has 2 aliphatic rings. The highest BCUT2D eigenvalue weighted by atomic mass is 127. The maximum absolute atomic E-state index is 12.0. The lowest BCUT2D eigenvalue weighted by Gasteiger charge is -2.37. The quantitative estimate of drug-likeness (QED) is 0.233. The van der Waals surface area contributed by atoms with E-state index in [-0.39, 0.29) is 36.4 Å². The molecule has 0 bridgehead atoms. The highest BCUT2D eigenvalue weighted by Gasteiger charge is 2.21. The molecule has 0 radical (unpaired) electrons. The van der Waals surface area contributed by atoms with Crippen molar-refractivity contribution in [3.05, 3.63) is 24.4 Å². The number of morpholine rings is 1. The molecule has 31 heavy (non-hydrogen) atoms. The van der Waals surface area contributed by atoms with Crippen molar-refractivity contribution in [2.45, 2.75) is 6.42 Å². The van der Waals surface area contributed by atoms with Crippen molar-refractivity contribution >= 4 is 41.7 Å². The number of anilines is 1. The van der Waals surface area contributed by atoms with Gasteiger partial charge in [-0.1, -0.05) is 6.07 Å². The molecule has 0 aliphatic carbocycles. The first-order chi connectivity index (χ1) is 14.6. The number of nitrogens with zero attached hydrogens (tertiary/aromatic N) is 6. The fourth-order valence-corrected chi connectivity index (χ4v) is 3.57. The molecule has 1 N–H and O–H groups in total. The number of hydrogen-bond donors (Lipinski definition) is 1. The van der Waals surface area contributed by atoms with Gasteiger partial charge in [-0.25, -0.2) is 9.98 Å². The number of nitrogens with one attached hydrogen (secondary N) is 1. The summed E-state index contributed by atoms with van der Waals surface area (Å²) in [6.07, 6.45) is 2.87. The van der Waals surface area contributed by atoms with Gasteiger partial charge in [-0.2, -0.15) is 0 Å². The Kier molecular flexibility index (Phi) is 11.3. The molecule has 9 nitrogen and oxygen atoms in total. The summed E-state index contributed by atoms with van der Waals surface area (Å²) in [7, 11) is 3.53. The number of rotatable bonds is 7. The second kappa shape index (κ2) is 13.7. The number of piperazine rings is 1. The van der Waals surface area contributed by atoms with Gasteiger partial charge in [0.25, 0.3) is 0 Å². The molecule has 1 amide bonds. The molecular weight excluding hydrogens is 509 g/mol. The molecule has 3 heterocycles. The monoisotopic (exact) mass is 545 g/mol. The van der Waals surface area contributed by atoms with E-state index in [1.54, 1.807) is 19.0 Å². The van der Waals surface area contributed by atoms with E-state index in [1.807, 2.05) is 24.4 Å². The van der Waals surface area contributed by atoms with E-state index >= 15 is 0 Å². The Labute approximate surface area is 202 Å². The van der Waals surface area contributed by atoms with E-state index in [0.29, 0.717) is 0 Å². The first kappa shape index (κ1) is 25.6. The summed E-state index contributed by atoms with van der Waals surface area (Å²) >= 11 is 0. The topological polar surface area (TPSA) is 76.5 Å². The average molecular weight is 545 g/mol. The summed E-state index contributed by atoms with van der Waals surface area (Å²) in [5.41, 5.74) is 0. The van der Waals surface area contributed by atoms with Crippen LogP contribution in [-0.4, -0.2) is 118 Å². The molecule has 0 aromatic carbocycles. The largest absolute Gasteiger partial charge is 0.379 e. The Bertz CT molecular complexity index is 676. The third-order valence-electron chi connectivity index (χ3n) is 5.45. The Morgan fingerprint density at radius 3 is 2.55 bits per heavy atom. The molecule has 0 spiro atoms. The first-order valence-corrected chi connectivity index (χ1v) is 10.8. The Hall–Kier alpha value is -1.66. The van der Waals surface area contributed by atoms with Crippen LogP contribution in [0.4, 0.5) is 5.82 Å². The van der Waals surface area contributed by atoms with E-state index in [2.05, 4.69) is 30.0 Å². The number of carbonyl (C=O) groups excluding carboxylic acids is 1. The van der Waals surface area contributed by atoms with Crippen LogP contribution >= 0.6 is 24.0 Å². The van der Waals surface area contributed by atoms with Crippen molar-refractivity contribution < 1.29 is 9.53 Å². The zero-order valence-corrected chi connectivity index (χ0v) is 21.0. The molecule has 2 aliphatic heterocycles. The van der Waals surface area contributed by atoms with Gasteiger partial charge in [0.15, 0.2) is 5.96 Å². The number of aliphatic imine (C=N–C) groups is 1. The van der Waals surface area contributed by atoms with Crippen LogP contribution < -0.4 is 10.2 Å². The minimum Gasteiger partial charge on any atom is -0.379 e.